The van der Waals surface area contributed by atoms with Crippen LogP contribution in [-0.2, 0) is 0 Å². The van der Waals surface area contributed by atoms with Gasteiger partial charge in [0, 0.05) is 6.04 Å². The second-order valence-electron chi connectivity index (χ2n) is 6.71. The van der Waals surface area contributed by atoms with Crippen molar-refractivity contribution in [2.75, 3.05) is 6.54 Å². The SMILES string of the molecule is CCNC(c1cccc(F)c1)C1(CC(C)C)CCCC1. The van der Waals surface area contributed by atoms with Crippen LogP contribution < -0.4 is 5.32 Å². The maximum absolute atomic E-state index is 13.6. The van der Waals surface area contributed by atoms with Gasteiger partial charge in [0.25, 0.3) is 0 Å². The number of hydrogen-bond donors (Lipinski definition) is 1. The van der Waals surface area contributed by atoms with Crippen LogP contribution in [0.25, 0.3) is 0 Å². The van der Waals surface area contributed by atoms with Gasteiger partial charge in [-0.25, -0.2) is 4.39 Å². The summed E-state index contributed by atoms with van der Waals surface area (Å²) >= 11 is 0. The van der Waals surface area contributed by atoms with Crippen molar-refractivity contribution in [2.45, 2.75) is 58.9 Å². The van der Waals surface area contributed by atoms with Crippen LogP contribution in [-0.4, -0.2) is 6.54 Å². The summed E-state index contributed by atoms with van der Waals surface area (Å²) < 4.78 is 13.6. The first kappa shape index (κ1) is 15.5. The highest BCUT2D eigenvalue weighted by Gasteiger charge is 2.41. The van der Waals surface area contributed by atoms with Gasteiger partial charge in [-0.3, -0.25) is 0 Å². The number of nitrogens with one attached hydrogen (secondary N) is 1. The zero-order chi connectivity index (χ0) is 14.6. The van der Waals surface area contributed by atoms with E-state index in [9.17, 15) is 4.39 Å². The second kappa shape index (κ2) is 6.71. The predicted molar refractivity (Wildman–Crippen MR) is 83.2 cm³/mol. The minimum Gasteiger partial charge on any atom is -0.310 e. The van der Waals surface area contributed by atoms with Crippen LogP contribution in [0.4, 0.5) is 4.39 Å². The summed E-state index contributed by atoms with van der Waals surface area (Å²) in [5.41, 5.74) is 1.42. The topological polar surface area (TPSA) is 12.0 Å². The van der Waals surface area contributed by atoms with E-state index >= 15 is 0 Å². The van der Waals surface area contributed by atoms with Crippen LogP contribution in [0.3, 0.4) is 0 Å². The van der Waals surface area contributed by atoms with Gasteiger partial charge in [0.05, 0.1) is 0 Å². The molecule has 0 radical (unpaired) electrons. The number of halogens is 1. The normalized spacial score (nSPS) is 19.4. The van der Waals surface area contributed by atoms with E-state index in [1.165, 1.54) is 38.2 Å². The average molecular weight is 277 g/mol. The summed E-state index contributed by atoms with van der Waals surface area (Å²) in [5, 5.41) is 3.65. The highest BCUT2D eigenvalue weighted by atomic mass is 19.1. The molecule has 20 heavy (non-hydrogen) atoms. The van der Waals surface area contributed by atoms with E-state index in [0.29, 0.717) is 11.3 Å². The Morgan fingerprint density at radius 1 is 1.25 bits per heavy atom. The van der Waals surface area contributed by atoms with Gasteiger partial charge < -0.3 is 5.32 Å². The highest BCUT2D eigenvalue weighted by molar-refractivity contribution is 5.23. The van der Waals surface area contributed by atoms with Crippen molar-refractivity contribution in [3.05, 3.63) is 35.6 Å². The molecule has 0 amide bonds. The Morgan fingerprint density at radius 3 is 2.50 bits per heavy atom. The largest absolute Gasteiger partial charge is 0.310 e. The Hall–Kier alpha value is -0.890. The molecule has 0 saturated heterocycles. The lowest BCUT2D eigenvalue weighted by Crippen LogP contribution is -2.37. The van der Waals surface area contributed by atoms with Crippen LogP contribution in [0.15, 0.2) is 24.3 Å². The molecule has 2 rings (SSSR count). The molecule has 1 unspecified atom stereocenters. The lowest BCUT2D eigenvalue weighted by Gasteiger charge is -2.40. The molecule has 1 N–H and O–H groups in total. The Morgan fingerprint density at radius 2 is 1.95 bits per heavy atom. The van der Waals surface area contributed by atoms with Gasteiger partial charge in [0.15, 0.2) is 0 Å². The maximum atomic E-state index is 13.6. The number of hydrogen-bond acceptors (Lipinski definition) is 1. The lowest BCUT2D eigenvalue weighted by atomic mass is 9.70. The van der Waals surface area contributed by atoms with Crippen molar-refractivity contribution in [1.29, 1.82) is 0 Å². The van der Waals surface area contributed by atoms with Crippen LogP contribution >= 0.6 is 0 Å². The molecule has 1 atom stereocenters. The molecule has 1 aromatic rings. The first-order valence-corrected chi connectivity index (χ1v) is 8.06. The second-order valence-corrected chi connectivity index (χ2v) is 6.71. The van der Waals surface area contributed by atoms with Gasteiger partial charge in [-0.05, 0) is 54.8 Å². The molecule has 1 fully saturated rings. The molecular formula is C18H28FN. The van der Waals surface area contributed by atoms with E-state index < -0.39 is 0 Å². The fraction of sp³-hybridized carbons (Fsp3) is 0.667. The third kappa shape index (κ3) is 3.41. The molecule has 0 spiro atoms. The third-order valence-electron chi connectivity index (χ3n) is 4.62. The zero-order valence-corrected chi connectivity index (χ0v) is 13.1. The standard InChI is InChI=1S/C18H28FN/c1-4-20-17(15-8-7-9-16(19)12-15)18(13-14(2)3)10-5-6-11-18/h7-9,12,14,17,20H,4-6,10-11,13H2,1-3H3. The number of benzene rings is 1. The summed E-state index contributed by atoms with van der Waals surface area (Å²) in [5.74, 6) is 0.561. The van der Waals surface area contributed by atoms with Crippen molar-refractivity contribution < 1.29 is 4.39 Å². The summed E-state index contributed by atoms with van der Waals surface area (Å²) in [4.78, 5) is 0. The first-order chi connectivity index (χ1) is 9.57. The van der Waals surface area contributed by atoms with Crippen molar-refractivity contribution in [1.82, 2.24) is 5.32 Å². The Bertz CT molecular complexity index is 421. The van der Waals surface area contributed by atoms with Crippen LogP contribution in [0.5, 0.6) is 0 Å². The van der Waals surface area contributed by atoms with Gasteiger partial charge in [-0.15, -0.1) is 0 Å². The van der Waals surface area contributed by atoms with Crippen LogP contribution in [0, 0.1) is 17.2 Å². The minimum atomic E-state index is -0.122. The van der Waals surface area contributed by atoms with Gasteiger partial charge in [-0.1, -0.05) is 45.7 Å². The summed E-state index contributed by atoms with van der Waals surface area (Å²) in [6.45, 7) is 7.68. The molecule has 1 saturated carbocycles. The van der Waals surface area contributed by atoms with Crippen LogP contribution in [0.1, 0.15) is 64.5 Å². The van der Waals surface area contributed by atoms with Gasteiger partial charge >= 0.3 is 0 Å². The fourth-order valence-corrected chi connectivity index (χ4v) is 4.08. The average Bonchev–Trinajstić information content (AvgIpc) is 2.84. The summed E-state index contributed by atoms with van der Waals surface area (Å²) in [6, 6.07) is 7.46. The van der Waals surface area contributed by atoms with Crippen molar-refractivity contribution in [3.63, 3.8) is 0 Å². The quantitative estimate of drug-likeness (QED) is 0.764. The smallest absolute Gasteiger partial charge is 0.123 e. The van der Waals surface area contributed by atoms with Crippen molar-refractivity contribution in [2.24, 2.45) is 11.3 Å². The summed E-state index contributed by atoms with van der Waals surface area (Å²) in [7, 11) is 0. The van der Waals surface area contributed by atoms with Gasteiger partial charge in [-0.2, -0.15) is 0 Å². The van der Waals surface area contributed by atoms with E-state index in [4.69, 9.17) is 0 Å². The Labute approximate surface area is 123 Å². The van der Waals surface area contributed by atoms with Gasteiger partial charge in [0.1, 0.15) is 5.82 Å². The molecular weight excluding hydrogens is 249 g/mol. The summed E-state index contributed by atoms with van der Waals surface area (Å²) in [6.07, 6.45) is 6.37. The van der Waals surface area contributed by atoms with Crippen LogP contribution in [0.2, 0.25) is 0 Å². The number of rotatable bonds is 6. The predicted octanol–water partition coefficient (Wildman–Crippen LogP) is 5.08. The van der Waals surface area contributed by atoms with E-state index in [-0.39, 0.29) is 11.9 Å². The molecule has 0 heterocycles. The molecule has 0 aromatic heterocycles. The molecule has 1 aliphatic rings. The lowest BCUT2D eigenvalue weighted by molar-refractivity contribution is 0.156. The van der Waals surface area contributed by atoms with Gasteiger partial charge in [0.2, 0.25) is 0 Å². The molecule has 1 aliphatic carbocycles. The van der Waals surface area contributed by atoms with Crippen molar-refractivity contribution >= 4 is 0 Å². The molecule has 112 valence electrons. The zero-order valence-electron chi connectivity index (χ0n) is 13.1. The molecule has 0 bridgehead atoms. The monoisotopic (exact) mass is 277 g/mol. The van der Waals surface area contributed by atoms with E-state index in [1.54, 1.807) is 6.07 Å². The van der Waals surface area contributed by atoms with E-state index in [1.807, 2.05) is 6.07 Å². The van der Waals surface area contributed by atoms with Crippen molar-refractivity contribution in [3.8, 4) is 0 Å². The van der Waals surface area contributed by atoms with E-state index in [0.717, 1.165) is 12.1 Å². The molecule has 1 nitrogen and oxygen atoms in total. The Kier molecular flexibility index (Phi) is 5.20. The van der Waals surface area contributed by atoms with E-state index in [2.05, 4.69) is 32.2 Å². The maximum Gasteiger partial charge on any atom is 0.123 e. The molecule has 1 aromatic carbocycles. The first-order valence-electron chi connectivity index (χ1n) is 8.06. The molecule has 2 heteroatoms. The molecule has 0 aliphatic heterocycles. The Balaban J connectivity index is 2.34. The third-order valence-corrected chi connectivity index (χ3v) is 4.62. The minimum absolute atomic E-state index is 0.122. The fourth-order valence-electron chi connectivity index (χ4n) is 4.08. The highest BCUT2D eigenvalue weighted by Crippen LogP contribution is 2.51.